The van der Waals surface area contributed by atoms with Gasteiger partial charge >= 0.3 is 5.97 Å². The molecule has 0 bridgehead atoms. The number of hydrogen-bond acceptors (Lipinski definition) is 7. The average molecular weight is 510 g/mol. The maximum absolute atomic E-state index is 13.5. The molecule has 37 heavy (non-hydrogen) atoms. The van der Waals surface area contributed by atoms with E-state index >= 15 is 0 Å². The summed E-state index contributed by atoms with van der Waals surface area (Å²) in [6, 6.07) is 11.4. The monoisotopic (exact) mass is 509 g/mol. The standard InChI is InChI=1S/C29H39N3O5/c1-20(23-8-11-26(35-2)27(17-23)36-3)30-29(34)25-18-24(10-7-22(25)9-12-28(33)37-4)32-15-13-31(14-16-32)19-21-5-6-21/h7-8,10-11,17-18,20-21H,5-6,9,12-16,19H2,1-4H3,(H,30,34). The maximum atomic E-state index is 13.5. The van der Waals surface area contributed by atoms with Gasteiger partial charge in [-0.25, -0.2) is 0 Å². The number of benzene rings is 2. The highest BCUT2D eigenvalue weighted by Crippen LogP contribution is 2.31. The quantitative estimate of drug-likeness (QED) is 0.461. The van der Waals surface area contributed by atoms with E-state index < -0.39 is 0 Å². The summed E-state index contributed by atoms with van der Waals surface area (Å²) in [5.74, 6) is 1.68. The van der Waals surface area contributed by atoms with Crippen LogP contribution in [0.25, 0.3) is 0 Å². The smallest absolute Gasteiger partial charge is 0.305 e. The van der Waals surface area contributed by atoms with Crippen molar-refractivity contribution in [1.29, 1.82) is 0 Å². The van der Waals surface area contributed by atoms with Gasteiger partial charge in [-0.05, 0) is 67.5 Å². The van der Waals surface area contributed by atoms with Gasteiger partial charge in [0.25, 0.3) is 5.91 Å². The van der Waals surface area contributed by atoms with Gasteiger partial charge in [-0.1, -0.05) is 12.1 Å². The first-order chi connectivity index (χ1) is 17.9. The lowest BCUT2D eigenvalue weighted by atomic mass is 9.99. The zero-order valence-electron chi connectivity index (χ0n) is 22.4. The van der Waals surface area contributed by atoms with E-state index in [0.29, 0.717) is 23.5 Å². The topological polar surface area (TPSA) is 80.3 Å². The molecule has 2 fully saturated rings. The average Bonchev–Trinajstić information content (AvgIpc) is 3.75. The fraction of sp³-hybridized carbons (Fsp3) is 0.517. The molecular weight excluding hydrogens is 470 g/mol. The summed E-state index contributed by atoms with van der Waals surface area (Å²) < 4.78 is 15.6. The van der Waals surface area contributed by atoms with Gasteiger partial charge in [-0.15, -0.1) is 0 Å². The number of aryl methyl sites for hydroxylation is 1. The van der Waals surface area contributed by atoms with Crippen LogP contribution in [0.15, 0.2) is 36.4 Å². The highest BCUT2D eigenvalue weighted by Gasteiger charge is 2.27. The third-order valence-corrected chi connectivity index (χ3v) is 7.37. The van der Waals surface area contributed by atoms with Crippen LogP contribution in [0, 0.1) is 5.92 Å². The van der Waals surface area contributed by atoms with Crippen molar-refractivity contribution in [2.75, 3.05) is 59.0 Å². The van der Waals surface area contributed by atoms with Crippen LogP contribution >= 0.6 is 0 Å². The number of rotatable bonds is 11. The lowest BCUT2D eigenvalue weighted by molar-refractivity contribution is -0.140. The lowest BCUT2D eigenvalue weighted by Crippen LogP contribution is -2.47. The lowest BCUT2D eigenvalue weighted by Gasteiger charge is -2.36. The van der Waals surface area contributed by atoms with Crippen LogP contribution in [0.4, 0.5) is 5.69 Å². The number of hydrogen-bond donors (Lipinski definition) is 1. The van der Waals surface area contributed by atoms with Gasteiger partial charge in [-0.2, -0.15) is 0 Å². The van der Waals surface area contributed by atoms with E-state index in [0.717, 1.165) is 48.9 Å². The number of carbonyl (C=O) groups excluding carboxylic acids is 2. The zero-order chi connectivity index (χ0) is 26.4. The molecule has 1 saturated heterocycles. The van der Waals surface area contributed by atoms with Gasteiger partial charge in [0.05, 0.1) is 27.4 Å². The first kappa shape index (κ1) is 26.8. The van der Waals surface area contributed by atoms with Gasteiger partial charge in [-0.3, -0.25) is 14.5 Å². The Balaban J connectivity index is 1.50. The SMILES string of the molecule is COC(=O)CCc1ccc(N2CCN(CC3CC3)CC2)cc1C(=O)NC(C)c1ccc(OC)c(OC)c1. The van der Waals surface area contributed by atoms with Gasteiger partial charge in [0, 0.05) is 50.4 Å². The molecule has 2 aliphatic rings. The molecule has 1 unspecified atom stereocenters. The molecule has 200 valence electrons. The van der Waals surface area contributed by atoms with E-state index in [1.54, 1.807) is 14.2 Å². The summed E-state index contributed by atoms with van der Waals surface area (Å²) in [5, 5.41) is 3.13. The van der Waals surface area contributed by atoms with Crippen LogP contribution in [-0.4, -0.2) is 70.8 Å². The number of amides is 1. The summed E-state index contributed by atoms with van der Waals surface area (Å²) in [4.78, 5) is 30.3. The highest BCUT2D eigenvalue weighted by atomic mass is 16.5. The van der Waals surface area contributed by atoms with E-state index in [2.05, 4.69) is 21.2 Å². The second-order valence-electron chi connectivity index (χ2n) is 9.96. The number of piperazine rings is 1. The molecule has 1 aliphatic heterocycles. The first-order valence-corrected chi connectivity index (χ1v) is 13.1. The molecule has 1 saturated carbocycles. The molecule has 1 aliphatic carbocycles. The molecular formula is C29H39N3O5. The van der Waals surface area contributed by atoms with Crippen LogP contribution in [0.2, 0.25) is 0 Å². The van der Waals surface area contributed by atoms with Crippen molar-refractivity contribution >= 4 is 17.6 Å². The molecule has 1 heterocycles. The molecule has 0 aromatic heterocycles. The summed E-state index contributed by atoms with van der Waals surface area (Å²) in [7, 11) is 4.57. The van der Waals surface area contributed by atoms with Crippen molar-refractivity contribution in [2.24, 2.45) is 5.92 Å². The van der Waals surface area contributed by atoms with Crippen molar-refractivity contribution in [3.8, 4) is 11.5 Å². The molecule has 1 atom stereocenters. The summed E-state index contributed by atoms with van der Waals surface area (Å²) in [5.41, 5.74) is 3.37. The van der Waals surface area contributed by atoms with Gasteiger partial charge in [0.2, 0.25) is 0 Å². The normalized spacial score (nSPS) is 16.7. The van der Waals surface area contributed by atoms with E-state index in [4.69, 9.17) is 14.2 Å². The fourth-order valence-electron chi connectivity index (χ4n) is 4.86. The number of nitrogens with zero attached hydrogens (tertiary/aromatic N) is 2. The van der Waals surface area contributed by atoms with Crippen LogP contribution < -0.4 is 19.7 Å². The summed E-state index contributed by atoms with van der Waals surface area (Å²) >= 11 is 0. The maximum Gasteiger partial charge on any atom is 0.305 e. The van der Waals surface area contributed by atoms with Crippen molar-refractivity contribution in [3.05, 3.63) is 53.1 Å². The van der Waals surface area contributed by atoms with Crippen LogP contribution in [0.3, 0.4) is 0 Å². The Morgan fingerprint density at radius 3 is 2.35 bits per heavy atom. The zero-order valence-corrected chi connectivity index (χ0v) is 22.4. The minimum Gasteiger partial charge on any atom is -0.493 e. The number of anilines is 1. The third kappa shape index (κ3) is 6.95. The summed E-state index contributed by atoms with van der Waals surface area (Å²) in [6.07, 6.45) is 3.40. The third-order valence-electron chi connectivity index (χ3n) is 7.37. The minimum atomic E-state index is -0.291. The molecule has 1 amide bonds. The Morgan fingerprint density at radius 2 is 1.70 bits per heavy atom. The molecule has 2 aromatic rings. The molecule has 8 heteroatoms. The number of methoxy groups -OCH3 is 3. The van der Waals surface area contributed by atoms with Crippen LogP contribution in [-0.2, 0) is 16.0 Å². The second-order valence-corrected chi connectivity index (χ2v) is 9.96. The fourth-order valence-corrected chi connectivity index (χ4v) is 4.86. The number of carbonyl (C=O) groups is 2. The Kier molecular flexibility index (Phi) is 8.92. The number of nitrogens with one attached hydrogen (secondary N) is 1. The first-order valence-electron chi connectivity index (χ1n) is 13.1. The molecule has 8 nitrogen and oxygen atoms in total. The number of ether oxygens (including phenoxy) is 3. The minimum absolute atomic E-state index is 0.170. The second kappa shape index (κ2) is 12.3. The van der Waals surface area contributed by atoms with Gasteiger partial charge in [0.1, 0.15) is 0 Å². The molecule has 2 aromatic carbocycles. The Labute approximate surface area is 219 Å². The number of esters is 1. The van der Waals surface area contributed by atoms with Crippen molar-refractivity contribution in [2.45, 2.75) is 38.6 Å². The Bertz CT molecular complexity index is 1090. The van der Waals surface area contributed by atoms with Crippen molar-refractivity contribution in [3.63, 3.8) is 0 Å². The summed E-state index contributed by atoms with van der Waals surface area (Å²) in [6.45, 7) is 7.11. The van der Waals surface area contributed by atoms with E-state index in [-0.39, 0.29) is 24.3 Å². The molecule has 0 spiro atoms. The highest BCUT2D eigenvalue weighted by molar-refractivity contribution is 5.97. The van der Waals surface area contributed by atoms with Crippen LogP contribution in [0.5, 0.6) is 11.5 Å². The molecule has 1 N–H and O–H groups in total. The Hall–Kier alpha value is -3.26. The van der Waals surface area contributed by atoms with Crippen molar-refractivity contribution in [1.82, 2.24) is 10.2 Å². The largest absolute Gasteiger partial charge is 0.493 e. The van der Waals surface area contributed by atoms with E-state index in [1.165, 1.54) is 26.5 Å². The van der Waals surface area contributed by atoms with Gasteiger partial charge in [0.15, 0.2) is 11.5 Å². The molecule has 4 rings (SSSR count). The Morgan fingerprint density at radius 1 is 0.973 bits per heavy atom. The van der Waals surface area contributed by atoms with E-state index in [1.807, 2.05) is 37.3 Å². The predicted molar refractivity (Wildman–Crippen MR) is 144 cm³/mol. The van der Waals surface area contributed by atoms with Crippen molar-refractivity contribution < 1.29 is 23.8 Å². The van der Waals surface area contributed by atoms with E-state index in [9.17, 15) is 9.59 Å². The molecule has 0 radical (unpaired) electrons. The van der Waals surface area contributed by atoms with Crippen LogP contribution in [0.1, 0.15) is 53.7 Å². The van der Waals surface area contributed by atoms with Gasteiger partial charge < -0.3 is 24.4 Å². The predicted octanol–water partition coefficient (Wildman–Crippen LogP) is 3.83.